The second-order valence-corrected chi connectivity index (χ2v) is 5.36. The highest BCUT2D eigenvalue weighted by Crippen LogP contribution is 2.31. The lowest BCUT2D eigenvalue weighted by Crippen LogP contribution is -2.26. The van der Waals surface area contributed by atoms with Crippen LogP contribution in [0.5, 0.6) is 5.75 Å². The third-order valence-corrected chi connectivity index (χ3v) is 3.54. The molecular formula is C17H13F3N4O2. The number of amides is 1. The number of phenolic OH excluding ortho intramolecular Hbond substituents is 1. The maximum absolute atomic E-state index is 13.2. The Morgan fingerprint density at radius 3 is 2.62 bits per heavy atom. The molecule has 134 valence electrons. The highest BCUT2D eigenvalue weighted by molar-refractivity contribution is 5.85. The maximum Gasteiger partial charge on any atom is 0.449 e. The topological polar surface area (TPSA) is 79.5 Å². The van der Waals surface area contributed by atoms with Crippen LogP contribution in [0.15, 0.2) is 53.6 Å². The molecular weight excluding hydrogens is 349 g/mol. The van der Waals surface area contributed by atoms with Gasteiger partial charge in [-0.05, 0) is 24.3 Å². The van der Waals surface area contributed by atoms with E-state index in [0.717, 1.165) is 4.57 Å². The fourth-order valence-electron chi connectivity index (χ4n) is 2.40. The van der Waals surface area contributed by atoms with E-state index >= 15 is 0 Å². The molecule has 0 atom stereocenters. The Morgan fingerprint density at radius 2 is 1.88 bits per heavy atom. The molecule has 3 rings (SSSR count). The standard InChI is InChI=1S/C17H13F3N4O2/c18-17(19,20)16-22-12-6-2-3-7-13(12)24(16)10-15(26)23-21-9-11-5-1-4-8-14(11)25/h1-9,25H,10H2,(H,23,26). The molecule has 2 N–H and O–H groups in total. The zero-order valence-corrected chi connectivity index (χ0v) is 13.2. The van der Waals surface area contributed by atoms with Gasteiger partial charge >= 0.3 is 6.18 Å². The van der Waals surface area contributed by atoms with E-state index in [4.69, 9.17) is 0 Å². The number of hydrazone groups is 1. The minimum Gasteiger partial charge on any atom is -0.507 e. The number of para-hydroxylation sites is 3. The van der Waals surface area contributed by atoms with E-state index in [-0.39, 0.29) is 16.8 Å². The van der Waals surface area contributed by atoms with Crippen molar-refractivity contribution in [1.29, 1.82) is 0 Å². The van der Waals surface area contributed by atoms with Crippen molar-refractivity contribution < 1.29 is 23.1 Å². The monoisotopic (exact) mass is 362 g/mol. The first-order valence-corrected chi connectivity index (χ1v) is 7.48. The number of carbonyl (C=O) groups excluding carboxylic acids is 1. The van der Waals surface area contributed by atoms with Crippen molar-refractivity contribution in [2.24, 2.45) is 5.10 Å². The number of benzene rings is 2. The fraction of sp³-hybridized carbons (Fsp3) is 0.118. The predicted molar refractivity (Wildman–Crippen MR) is 88.6 cm³/mol. The lowest BCUT2D eigenvalue weighted by molar-refractivity contribution is -0.147. The number of hydrogen-bond acceptors (Lipinski definition) is 4. The first-order chi connectivity index (χ1) is 12.4. The van der Waals surface area contributed by atoms with E-state index in [0.29, 0.717) is 5.56 Å². The van der Waals surface area contributed by atoms with E-state index in [1.54, 1.807) is 30.3 Å². The lowest BCUT2D eigenvalue weighted by atomic mass is 10.2. The molecule has 26 heavy (non-hydrogen) atoms. The van der Waals surface area contributed by atoms with Gasteiger partial charge in [-0.15, -0.1) is 0 Å². The largest absolute Gasteiger partial charge is 0.507 e. The zero-order valence-electron chi connectivity index (χ0n) is 13.2. The van der Waals surface area contributed by atoms with Gasteiger partial charge in [0.05, 0.1) is 17.2 Å². The van der Waals surface area contributed by atoms with Gasteiger partial charge < -0.3 is 9.67 Å². The average molecular weight is 362 g/mol. The molecule has 0 aliphatic heterocycles. The van der Waals surface area contributed by atoms with Gasteiger partial charge in [0.25, 0.3) is 5.91 Å². The third-order valence-electron chi connectivity index (χ3n) is 3.54. The van der Waals surface area contributed by atoms with Crippen LogP contribution in [0.2, 0.25) is 0 Å². The highest BCUT2D eigenvalue weighted by atomic mass is 19.4. The molecule has 2 aromatic carbocycles. The Kier molecular flexibility index (Phi) is 4.61. The van der Waals surface area contributed by atoms with Crippen LogP contribution in [-0.2, 0) is 17.5 Å². The number of phenols is 1. The van der Waals surface area contributed by atoms with Crippen LogP contribution < -0.4 is 5.43 Å². The van der Waals surface area contributed by atoms with Gasteiger partial charge in [-0.1, -0.05) is 24.3 Å². The molecule has 0 saturated carbocycles. The van der Waals surface area contributed by atoms with Crippen molar-refractivity contribution in [3.05, 3.63) is 59.9 Å². The molecule has 6 nitrogen and oxygen atoms in total. The number of fused-ring (bicyclic) bond motifs is 1. The third kappa shape index (κ3) is 3.66. The van der Waals surface area contributed by atoms with E-state index in [1.807, 2.05) is 0 Å². The minimum absolute atomic E-state index is 0.0366. The Labute approximate surface area is 145 Å². The van der Waals surface area contributed by atoms with Gasteiger partial charge in [0.15, 0.2) is 0 Å². The molecule has 1 aromatic heterocycles. The van der Waals surface area contributed by atoms with Crippen LogP contribution >= 0.6 is 0 Å². The number of alkyl halides is 3. The van der Waals surface area contributed by atoms with Gasteiger partial charge in [-0.3, -0.25) is 4.79 Å². The highest BCUT2D eigenvalue weighted by Gasteiger charge is 2.37. The molecule has 0 aliphatic rings. The maximum atomic E-state index is 13.2. The normalized spacial score (nSPS) is 12.0. The molecule has 1 heterocycles. The van der Waals surface area contributed by atoms with Crippen molar-refractivity contribution in [1.82, 2.24) is 15.0 Å². The summed E-state index contributed by atoms with van der Waals surface area (Å²) < 4.78 is 40.3. The van der Waals surface area contributed by atoms with E-state index in [9.17, 15) is 23.1 Å². The van der Waals surface area contributed by atoms with Crippen molar-refractivity contribution in [2.45, 2.75) is 12.7 Å². The summed E-state index contributed by atoms with van der Waals surface area (Å²) in [5.74, 6) is -1.95. The molecule has 0 bridgehead atoms. The molecule has 0 fully saturated rings. The molecule has 0 radical (unpaired) electrons. The number of carbonyl (C=O) groups is 1. The van der Waals surface area contributed by atoms with Gasteiger partial charge in [0.2, 0.25) is 5.82 Å². The van der Waals surface area contributed by atoms with E-state index < -0.39 is 24.5 Å². The van der Waals surface area contributed by atoms with Crippen molar-refractivity contribution in [2.75, 3.05) is 0 Å². The average Bonchev–Trinajstić information content (AvgIpc) is 2.96. The minimum atomic E-state index is -4.70. The van der Waals surface area contributed by atoms with Crippen LogP contribution in [0.25, 0.3) is 11.0 Å². The summed E-state index contributed by atoms with van der Waals surface area (Å²) in [6, 6.07) is 12.3. The number of nitrogens with one attached hydrogen (secondary N) is 1. The molecule has 0 saturated heterocycles. The zero-order chi connectivity index (χ0) is 18.7. The molecule has 9 heteroatoms. The van der Waals surface area contributed by atoms with Gasteiger partial charge in [-0.25, -0.2) is 10.4 Å². The second kappa shape index (κ2) is 6.87. The van der Waals surface area contributed by atoms with Crippen LogP contribution in [0, 0.1) is 0 Å². The number of halogens is 3. The number of aromatic hydroxyl groups is 1. The number of aromatic nitrogens is 2. The Balaban J connectivity index is 1.80. The quantitative estimate of drug-likeness (QED) is 0.553. The number of hydrogen-bond donors (Lipinski definition) is 2. The summed E-state index contributed by atoms with van der Waals surface area (Å²) in [6.45, 7) is -0.604. The van der Waals surface area contributed by atoms with Gasteiger partial charge in [-0.2, -0.15) is 18.3 Å². The summed E-state index contributed by atoms with van der Waals surface area (Å²) >= 11 is 0. The first-order valence-electron chi connectivity index (χ1n) is 7.48. The van der Waals surface area contributed by atoms with Gasteiger partial charge in [0, 0.05) is 5.56 Å². The first kappa shape index (κ1) is 17.5. The lowest BCUT2D eigenvalue weighted by Gasteiger charge is -2.10. The predicted octanol–water partition coefficient (Wildman–Crippen LogP) is 2.91. The molecule has 0 spiro atoms. The summed E-state index contributed by atoms with van der Waals surface area (Å²) in [7, 11) is 0. The smallest absolute Gasteiger partial charge is 0.449 e. The van der Waals surface area contributed by atoms with Crippen LogP contribution in [0.3, 0.4) is 0 Å². The van der Waals surface area contributed by atoms with Crippen LogP contribution in [0.1, 0.15) is 11.4 Å². The van der Waals surface area contributed by atoms with Crippen LogP contribution in [-0.4, -0.2) is 26.8 Å². The number of nitrogens with zero attached hydrogens (tertiary/aromatic N) is 3. The van der Waals surface area contributed by atoms with E-state index in [1.165, 1.54) is 24.4 Å². The second-order valence-electron chi connectivity index (χ2n) is 5.36. The molecule has 0 aliphatic carbocycles. The summed E-state index contributed by atoms with van der Waals surface area (Å²) in [4.78, 5) is 15.6. The number of imidazole rings is 1. The summed E-state index contributed by atoms with van der Waals surface area (Å²) in [6.07, 6.45) is -3.50. The summed E-state index contributed by atoms with van der Waals surface area (Å²) in [5, 5.41) is 13.2. The fourth-order valence-corrected chi connectivity index (χ4v) is 2.40. The Morgan fingerprint density at radius 1 is 1.19 bits per heavy atom. The van der Waals surface area contributed by atoms with Crippen molar-refractivity contribution >= 4 is 23.2 Å². The van der Waals surface area contributed by atoms with Crippen molar-refractivity contribution in [3.63, 3.8) is 0 Å². The number of rotatable bonds is 4. The Bertz CT molecular complexity index is 980. The molecule has 3 aromatic rings. The Hall–Kier alpha value is -3.36. The van der Waals surface area contributed by atoms with E-state index in [2.05, 4.69) is 15.5 Å². The summed E-state index contributed by atoms with van der Waals surface area (Å²) in [5.41, 5.74) is 2.84. The molecule has 1 amide bonds. The SMILES string of the molecule is O=C(Cn1c(C(F)(F)F)nc2ccccc21)NN=Cc1ccccc1O. The molecule has 0 unspecified atom stereocenters. The van der Waals surface area contributed by atoms with Crippen LogP contribution in [0.4, 0.5) is 13.2 Å². The van der Waals surface area contributed by atoms with Gasteiger partial charge in [0.1, 0.15) is 12.3 Å². The van der Waals surface area contributed by atoms with Crippen molar-refractivity contribution in [3.8, 4) is 5.75 Å².